The minimum atomic E-state index is -0.704. The predicted octanol–water partition coefficient (Wildman–Crippen LogP) is 4.92. The second-order valence-corrected chi connectivity index (χ2v) is 6.12. The van der Waals surface area contributed by atoms with E-state index in [9.17, 15) is 4.39 Å². The van der Waals surface area contributed by atoms with Crippen molar-refractivity contribution in [3.8, 4) is 5.75 Å². The van der Waals surface area contributed by atoms with E-state index in [4.69, 9.17) is 22.1 Å². The van der Waals surface area contributed by atoms with Crippen molar-refractivity contribution in [2.24, 2.45) is 5.73 Å². The van der Waals surface area contributed by atoms with Gasteiger partial charge in [0.05, 0.1) is 13.2 Å². The monoisotopic (exact) mass is 371 g/mol. The van der Waals surface area contributed by atoms with Gasteiger partial charge in [-0.15, -0.1) is 0 Å². The third kappa shape index (κ3) is 2.93. The van der Waals surface area contributed by atoms with Gasteiger partial charge in [-0.05, 0) is 43.2 Å². The molecule has 112 valence electrons. The summed E-state index contributed by atoms with van der Waals surface area (Å²) in [7, 11) is 1.58. The zero-order valence-electron chi connectivity index (χ0n) is 12.0. The van der Waals surface area contributed by atoms with Gasteiger partial charge in [-0.3, -0.25) is 0 Å². The fraction of sp³-hybridized carbons (Fsp3) is 0.250. The van der Waals surface area contributed by atoms with E-state index in [1.54, 1.807) is 19.2 Å². The maximum absolute atomic E-state index is 14.1. The lowest BCUT2D eigenvalue weighted by molar-refractivity contribution is 0.403. The highest BCUT2D eigenvalue weighted by atomic mass is 79.9. The van der Waals surface area contributed by atoms with E-state index < -0.39 is 11.9 Å². The summed E-state index contributed by atoms with van der Waals surface area (Å²) in [5.41, 5.74) is 9.15. The fourth-order valence-electron chi connectivity index (χ4n) is 2.47. The molecule has 2 aromatic carbocycles. The molecule has 5 heteroatoms. The quantitative estimate of drug-likeness (QED) is 0.830. The first-order chi connectivity index (χ1) is 9.88. The number of aryl methyl sites for hydroxylation is 1. The van der Waals surface area contributed by atoms with E-state index in [0.29, 0.717) is 10.8 Å². The highest BCUT2D eigenvalue weighted by Crippen LogP contribution is 2.40. The highest BCUT2D eigenvalue weighted by Gasteiger charge is 2.24. The van der Waals surface area contributed by atoms with Gasteiger partial charge in [-0.2, -0.15) is 0 Å². The number of nitrogens with two attached hydrogens (primary N) is 1. The van der Waals surface area contributed by atoms with Crippen LogP contribution >= 0.6 is 27.5 Å². The predicted molar refractivity (Wildman–Crippen MR) is 87.6 cm³/mol. The summed E-state index contributed by atoms with van der Waals surface area (Å²) in [6, 6.07) is 5.79. The van der Waals surface area contributed by atoms with Crippen molar-refractivity contribution in [2.75, 3.05) is 7.11 Å². The lowest BCUT2D eigenvalue weighted by Crippen LogP contribution is -2.17. The van der Waals surface area contributed by atoms with Crippen LogP contribution in [0, 0.1) is 19.7 Å². The van der Waals surface area contributed by atoms with Gasteiger partial charge in [-0.1, -0.05) is 33.6 Å². The fourth-order valence-corrected chi connectivity index (χ4v) is 3.31. The Morgan fingerprint density at radius 2 is 1.95 bits per heavy atom. The lowest BCUT2D eigenvalue weighted by Gasteiger charge is -2.22. The van der Waals surface area contributed by atoms with E-state index >= 15 is 0 Å². The number of halogens is 3. The van der Waals surface area contributed by atoms with Gasteiger partial charge in [0, 0.05) is 20.6 Å². The summed E-state index contributed by atoms with van der Waals surface area (Å²) in [4.78, 5) is 0. The molecule has 0 amide bonds. The van der Waals surface area contributed by atoms with Crippen molar-refractivity contribution in [2.45, 2.75) is 19.9 Å². The molecule has 0 bridgehead atoms. The first-order valence-electron chi connectivity index (χ1n) is 6.41. The molecule has 2 N–H and O–H groups in total. The normalized spacial score (nSPS) is 12.3. The molecule has 0 aliphatic rings. The number of benzene rings is 2. The Morgan fingerprint density at radius 3 is 2.52 bits per heavy atom. The molecule has 0 fully saturated rings. The molecule has 1 unspecified atom stereocenters. The van der Waals surface area contributed by atoms with Gasteiger partial charge < -0.3 is 10.5 Å². The zero-order chi connectivity index (χ0) is 15.7. The molecular weight excluding hydrogens is 357 g/mol. The molecule has 0 spiro atoms. The summed E-state index contributed by atoms with van der Waals surface area (Å²) < 4.78 is 20.5. The Morgan fingerprint density at radius 1 is 1.29 bits per heavy atom. The molecule has 0 saturated heterocycles. The topological polar surface area (TPSA) is 35.2 Å². The maximum Gasteiger partial charge on any atom is 0.129 e. The lowest BCUT2D eigenvalue weighted by atomic mass is 9.92. The molecular formula is C16H16BrClFNO. The second-order valence-electron chi connectivity index (χ2n) is 4.86. The van der Waals surface area contributed by atoms with Gasteiger partial charge in [0.25, 0.3) is 0 Å². The van der Waals surface area contributed by atoms with E-state index in [2.05, 4.69) is 15.9 Å². The SMILES string of the molecule is COc1c(C)cc(Br)c(C)c1C(N)c1c(F)cccc1Cl. The molecule has 2 nitrogen and oxygen atoms in total. The Hall–Kier alpha value is -1.10. The maximum atomic E-state index is 14.1. The molecule has 0 aromatic heterocycles. The Bertz CT molecular complexity index is 670. The van der Waals surface area contributed by atoms with E-state index in [1.165, 1.54) is 6.07 Å². The Balaban J connectivity index is 2.71. The van der Waals surface area contributed by atoms with Crippen LogP contribution in [-0.2, 0) is 0 Å². The second kappa shape index (κ2) is 6.34. The minimum absolute atomic E-state index is 0.276. The first kappa shape index (κ1) is 16.3. The summed E-state index contributed by atoms with van der Waals surface area (Å²) >= 11 is 9.63. The van der Waals surface area contributed by atoms with Crippen molar-refractivity contribution >= 4 is 27.5 Å². The van der Waals surface area contributed by atoms with Gasteiger partial charge in [0.2, 0.25) is 0 Å². The zero-order valence-corrected chi connectivity index (χ0v) is 14.3. The summed E-state index contributed by atoms with van der Waals surface area (Å²) in [6.45, 7) is 3.83. The van der Waals surface area contributed by atoms with Crippen LogP contribution in [0.5, 0.6) is 5.75 Å². The molecule has 0 heterocycles. The molecule has 2 rings (SSSR count). The van der Waals surface area contributed by atoms with Crippen LogP contribution in [0.25, 0.3) is 0 Å². The van der Waals surface area contributed by atoms with Crippen molar-refractivity contribution in [3.05, 3.63) is 61.8 Å². The third-order valence-corrected chi connectivity index (χ3v) is 4.69. The van der Waals surface area contributed by atoms with Crippen molar-refractivity contribution in [1.29, 1.82) is 0 Å². The number of rotatable bonds is 3. The molecule has 0 saturated carbocycles. The van der Waals surface area contributed by atoms with Crippen LogP contribution in [0.15, 0.2) is 28.7 Å². The average Bonchev–Trinajstić information content (AvgIpc) is 2.42. The molecule has 0 aliphatic carbocycles. The van der Waals surface area contributed by atoms with Gasteiger partial charge in [-0.25, -0.2) is 4.39 Å². The molecule has 0 radical (unpaired) electrons. The van der Waals surface area contributed by atoms with Gasteiger partial charge in [0.15, 0.2) is 0 Å². The number of hydrogen-bond donors (Lipinski definition) is 1. The molecule has 1 atom stereocenters. The summed E-state index contributed by atoms with van der Waals surface area (Å²) in [5, 5.41) is 0.307. The van der Waals surface area contributed by atoms with Crippen LogP contribution in [-0.4, -0.2) is 7.11 Å². The van der Waals surface area contributed by atoms with Crippen molar-refractivity contribution in [1.82, 2.24) is 0 Å². The highest BCUT2D eigenvalue weighted by molar-refractivity contribution is 9.10. The standard InChI is InChI=1S/C16H16BrClFNO/c1-8-7-10(17)9(2)13(16(8)21-3)15(20)14-11(18)5-4-6-12(14)19/h4-7,15H,20H2,1-3H3. The summed E-state index contributed by atoms with van der Waals surface area (Å²) in [6.07, 6.45) is 0. The van der Waals surface area contributed by atoms with Crippen LogP contribution in [0.3, 0.4) is 0 Å². The molecule has 21 heavy (non-hydrogen) atoms. The third-order valence-electron chi connectivity index (χ3n) is 3.53. The van der Waals surface area contributed by atoms with Crippen LogP contribution < -0.4 is 10.5 Å². The smallest absolute Gasteiger partial charge is 0.129 e. The Kier molecular flexibility index (Phi) is 4.91. The van der Waals surface area contributed by atoms with Gasteiger partial charge in [0.1, 0.15) is 11.6 Å². The number of ether oxygens (including phenoxy) is 1. The van der Waals surface area contributed by atoms with Crippen molar-refractivity contribution < 1.29 is 9.13 Å². The average molecular weight is 373 g/mol. The number of hydrogen-bond acceptors (Lipinski definition) is 2. The summed E-state index contributed by atoms with van der Waals surface area (Å²) in [5.74, 6) is 0.233. The van der Waals surface area contributed by atoms with E-state index in [-0.39, 0.29) is 5.56 Å². The largest absolute Gasteiger partial charge is 0.496 e. The van der Waals surface area contributed by atoms with Crippen LogP contribution in [0.4, 0.5) is 4.39 Å². The molecule has 0 aliphatic heterocycles. The van der Waals surface area contributed by atoms with Crippen LogP contribution in [0.2, 0.25) is 5.02 Å². The van der Waals surface area contributed by atoms with Crippen LogP contribution in [0.1, 0.15) is 28.3 Å². The Labute approximate surface area is 137 Å². The van der Waals surface area contributed by atoms with E-state index in [1.807, 2.05) is 19.9 Å². The first-order valence-corrected chi connectivity index (χ1v) is 7.58. The van der Waals surface area contributed by atoms with E-state index in [0.717, 1.165) is 21.2 Å². The van der Waals surface area contributed by atoms with Gasteiger partial charge >= 0.3 is 0 Å². The number of methoxy groups -OCH3 is 1. The van der Waals surface area contributed by atoms with Crippen molar-refractivity contribution in [3.63, 3.8) is 0 Å². The minimum Gasteiger partial charge on any atom is -0.496 e. The molecule has 2 aromatic rings.